The van der Waals surface area contributed by atoms with Gasteiger partial charge in [0.15, 0.2) is 18.1 Å². The van der Waals surface area contributed by atoms with E-state index in [1.54, 1.807) is 25.1 Å². The Morgan fingerprint density at radius 1 is 1.14 bits per heavy atom. The normalized spacial score (nSPS) is 10.6. The van der Waals surface area contributed by atoms with Gasteiger partial charge in [0.1, 0.15) is 0 Å². The molecule has 0 aliphatic rings. The van der Waals surface area contributed by atoms with Gasteiger partial charge in [-0.05, 0) is 72.7 Å². The van der Waals surface area contributed by atoms with Gasteiger partial charge >= 0.3 is 5.97 Å². The highest BCUT2D eigenvalue weighted by Crippen LogP contribution is 2.34. The molecule has 0 aromatic heterocycles. The zero-order chi connectivity index (χ0) is 21.2. The summed E-state index contributed by atoms with van der Waals surface area (Å²) in [6.45, 7) is 5.97. The molecule has 0 unspecified atom stereocenters. The van der Waals surface area contributed by atoms with Crippen LogP contribution < -0.4 is 14.9 Å². The van der Waals surface area contributed by atoms with Crippen molar-refractivity contribution in [1.82, 2.24) is 5.43 Å². The summed E-state index contributed by atoms with van der Waals surface area (Å²) in [6.07, 6.45) is 1.52. The van der Waals surface area contributed by atoms with Crippen molar-refractivity contribution >= 4 is 40.7 Å². The lowest BCUT2D eigenvalue weighted by molar-refractivity contribution is -0.145. The van der Waals surface area contributed by atoms with Gasteiger partial charge in [-0.25, -0.2) is 10.2 Å². The summed E-state index contributed by atoms with van der Waals surface area (Å²) >= 11 is 2.09. The van der Waals surface area contributed by atoms with Gasteiger partial charge in [-0.2, -0.15) is 5.10 Å². The minimum Gasteiger partial charge on any atom is -0.490 e. The van der Waals surface area contributed by atoms with E-state index < -0.39 is 5.97 Å². The number of benzene rings is 2. The van der Waals surface area contributed by atoms with E-state index in [0.29, 0.717) is 35.8 Å². The molecule has 0 aliphatic carbocycles. The highest BCUT2D eigenvalue weighted by atomic mass is 127. The summed E-state index contributed by atoms with van der Waals surface area (Å²) in [6, 6.07) is 10.8. The molecule has 154 valence electrons. The summed E-state index contributed by atoms with van der Waals surface area (Å²) in [5, 5.41) is 4.03. The molecular formula is C21H23IN2O5. The first-order valence-electron chi connectivity index (χ1n) is 9.10. The SMILES string of the molecule is CCOC(=O)COc1c(I)cc(/C=N\NC(=O)c2ccccc2C)cc1OCC. The number of hydrogen-bond acceptors (Lipinski definition) is 6. The second-order valence-corrected chi connectivity index (χ2v) is 7.03. The van der Waals surface area contributed by atoms with E-state index in [1.807, 2.05) is 32.0 Å². The van der Waals surface area contributed by atoms with Crippen molar-refractivity contribution < 1.29 is 23.8 Å². The van der Waals surface area contributed by atoms with E-state index in [2.05, 4.69) is 33.1 Å². The number of aryl methyl sites for hydroxylation is 1. The lowest BCUT2D eigenvalue weighted by Gasteiger charge is -2.14. The summed E-state index contributed by atoms with van der Waals surface area (Å²) in [7, 11) is 0. The predicted molar refractivity (Wildman–Crippen MR) is 119 cm³/mol. The number of nitrogens with zero attached hydrogens (tertiary/aromatic N) is 1. The van der Waals surface area contributed by atoms with Gasteiger partial charge in [0, 0.05) is 5.56 Å². The molecule has 0 fully saturated rings. The third-order valence-electron chi connectivity index (χ3n) is 3.74. The molecule has 1 amide bonds. The Kier molecular flexibility index (Phi) is 8.91. The van der Waals surface area contributed by atoms with Crippen LogP contribution in [0.4, 0.5) is 0 Å². The predicted octanol–water partition coefficient (Wildman–Crippen LogP) is 3.70. The Morgan fingerprint density at radius 2 is 1.90 bits per heavy atom. The largest absolute Gasteiger partial charge is 0.490 e. The molecule has 0 aliphatic heterocycles. The number of amides is 1. The van der Waals surface area contributed by atoms with E-state index in [9.17, 15) is 9.59 Å². The fraction of sp³-hybridized carbons (Fsp3) is 0.286. The van der Waals surface area contributed by atoms with Crippen molar-refractivity contribution in [2.45, 2.75) is 20.8 Å². The fourth-order valence-corrected chi connectivity index (χ4v) is 3.23. The van der Waals surface area contributed by atoms with E-state index in [1.165, 1.54) is 6.21 Å². The van der Waals surface area contributed by atoms with E-state index in [4.69, 9.17) is 14.2 Å². The molecule has 2 rings (SSSR count). The Bertz CT molecular complexity index is 899. The van der Waals surface area contributed by atoms with Crippen molar-refractivity contribution in [1.29, 1.82) is 0 Å². The van der Waals surface area contributed by atoms with Gasteiger partial charge in [0.2, 0.25) is 0 Å². The first-order valence-corrected chi connectivity index (χ1v) is 10.2. The molecule has 0 atom stereocenters. The molecule has 0 bridgehead atoms. The average Bonchev–Trinajstić information content (AvgIpc) is 2.68. The van der Waals surface area contributed by atoms with E-state index >= 15 is 0 Å². The number of hydrazone groups is 1. The first-order chi connectivity index (χ1) is 14.0. The Labute approximate surface area is 183 Å². The van der Waals surface area contributed by atoms with E-state index in [-0.39, 0.29) is 12.5 Å². The molecule has 8 heteroatoms. The fourth-order valence-electron chi connectivity index (χ4n) is 2.45. The standard InChI is InChI=1S/C21H23IN2O5/c1-4-27-18-11-15(10-17(22)20(18)29-13-19(25)28-5-2)12-23-24-21(26)16-9-7-6-8-14(16)3/h6-12H,4-5,13H2,1-3H3,(H,24,26)/b23-12-. The molecule has 1 N–H and O–H groups in total. The molecule has 0 saturated heterocycles. The van der Waals surface area contributed by atoms with Crippen LogP contribution in [0.25, 0.3) is 0 Å². The second-order valence-electron chi connectivity index (χ2n) is 5.87. The molecule has 29 heavy (non-hydrogen) atoms. The molecule has 2 aromatic rings. The van der Waals surface area contributed by atoms with Crippen LogP contribution in [0.2, 0.25) is 0 Å². The average molecular weight is 510 g/mol. The molecule has 2 aromatic carbocycles. The maximum absolute atomic E-state index is 12.2. The van der Waals surface area contributed by atoms with Gasteiger partial charge in [-0.15, -0.1) is 0 Å². The third-order valence-corrected chi connectivity index (χ3v) is 4.54. The number of esters is 1. The van der Waals surface area contributed by atoms with Crippen molar-refractivity contribution in [3.63, 3.8) is 0 Å². The topological polar surface area (TPSA) is 86.2 Å². The lowest BCUT2D eigenvalue weighted by atomic mass is 10.1. The number of ether oxygens (including phenoxy) is 3. The van der Waals surface area contributed by atoms with Crippen molar-refractivity contribution in [3.8, 4) is 11.5 Å². The van der Waals surface area contributed by atoms with Crippen LogP contribution in [0.15, 0.2) is 41.5 Å². The van der Waals surface area contributed by atoms with E-state index in [0.717, 1.165) is 9.13 Å². The second kappa shape index (κ2) is 11.4. The van der Waals surface area contributed by atoms with Crippen LogP contribution in [-0.4, -0.2) is 37.9 Å². The van der Waals surface area contributed by atoms with Crippen LogP contribution in [-0.2, 0) is 9.53 Å². The van der Waals surface area contributed by atoms with Gasteiger partial charge in [0.25, 0.3) is 5.91 Å². The Morgan fingerprint density at radius 3 is 2.59 bits per heavy atom. The Hall–Kier alpha value is -2.62. The van der Waals surface area contributed by atoms with Crippen LogP contribution >= 0.6 is 22.6 Å². The van der Waals surface area contributed by atoms with Gasteiger partial charge in [-0.3, -0.25) is 4.79 Å². The van der Waals surface area contributed by atoms with Crippen LogP contribution in [0, 0.1) is 10.5 Å². The molecule has 7 nitrogen and oxygen atoms in total. The number of nitrogens with one attached hydrogen (secondary N) is 1. The van der Waals surface area contributed by atoms with Gasteiger partial charge in [-0.1, -0.05) is 18.2 Å². The molecule has 0 spiro atoms. The van der Waals surface area contributed by atoms with Crippen molar-refractivity contribution in [3.05, 3.63) is 56.7 Å². The smallest absolute Gasteiger partial charge is 0.344 e. The minimum atomic E-state index is -0.449. The summed E-state index contributed by atoms with van der Waals surface area (Å²) in [5.41, 5.74) is 4.68. The maximum Gasteiger partial charge on any atom is 0.344 e. The number of rotatable bonds is 9. The number of halogens is 1. The first kappa shape index (κ1) is 22.7. The number of hydrogen-bond donors (Lipinski definition) is 1. The molecular weight excluding hydrogens is 487 g/mol. The molecule has 0 heterocycles. The van der Waals surface area contributed by atoms with Crippen LogP contribution in [0.5, 0.6) is 11.5 Å². The molecule has 0 radical (unpaired) electrons. The third kappa shape index (κ3) is 6.74. The monoisotopic (exact) mass is 510 g/mol. The van der Waals surface area contributed by atoms with Crippen molar-refractivity contribution in [2.75, 3.05) is 19.8 Å². The van der Waals surface area contributed by atoms with Crippen LogP contribution in [0.3, 0.4) is 0 Å². The van der Waals surface area contributed by atoms with Gasteiger partial charge < -0.3 is 14.2 Å². The number of carbonyl (C=O) groups excluding carboxylic acids is 2. The quantitative estimate of drug-likeness (QED) is 0.241. The highest BCUT2D eigenvalue weighted by Gasteiger charge is 2.14. The Balaban J connectivity index is 2.12. The zero-order valence-electron chi connectivity index (χ0n) is 16.5. The highest BCUT2D eigenvalue weighted by molar-refractivity contribution is 14.1. The minimum absolute atomic E-state index is 0.205. The number of carbonyl (C=O) groups is 2. The zero-order valence-corrected chi connectivity index (χ0v) is 18.7. The summed E-state index contributed by atoms with van der Waals surface area (Å²) in [5.74, 6) is 0.209. The lowest BCUT2D eigenvalue weighted by Crippen LogP contribution is -2.18. The van der Waals surface area contributed by atoms with Crippen molar-refractivity contribution in [2.24, 2.45) is 5.10 Å². The summed E-state index contributed by atoms with van der Waals surface area (Å²) in [4.78, 5) is 23.8. The van der Waals surface area contributed by atoms with Gasteiger partial charge in [0.05, 0.1) is 23.0 Å². The molecule has 0 saturated carbocycles. The maximum atomic E-state index is 12.2. The van der Waals surface area contributed by atoms with Crippen LogP contribution in [0.1, 0.15) is 35.3 Å². The summed E-state index contributed by atoms with van der Waals surface area (Å²) < 4.78 is 16.8.